The van der Waals surface area contributed by atoms with E-state index in [1.54, 1.807) is 6.07 Å². The number of hydrogen-bond donors (Lipinski definition) is 2. The highest BCUT2D eigenvalue weighted by atomic mass is 16.5. The van der Waals surface area contributed by atoms with Crippen molar-refractivity contribution in [1.29, 1.82) is 5.26 Å². The van der Waals surface area contributed by atoms with E-state index >= 15 is 0 Å². The number of rotatable bonds is 8. The van der Waals surface area contributed by atoms with E-state index in [0.29, 0.717) is 6.61 Å². The Morgan fingerprint density at radius 3 is 2.69 bits per heavy atom. The fourth-order valence-electron chi connectivity index (χ4n) is 1.17. The third-order valence-electron chi connectivity index (χ3n) is 2.03. The van der Waals surface area contributed by atoms with Crippen LogP contribution in [0.15, 0.2) is 0 Å². The second kappa shape index (κ2) is 9.13. The van der Waals surface area contributed by atoms with Crippen LogP contribution in [0.4, 0.5) is 0 Å². The minimum absolute atomic E-state index is 0.0242. The second-order valence-corrected chi connectivity index (χ2v) is 3.68. The molecule has 0 aliphatic rings. The van der Waals surface area contributed by atoms with E-state index in [9.17, 15) is 15.0 Å². The summed E-state index contributed by atoms with van der Waals surface area (Å²) in [4.78, 5) is 11.1. The molecule has 0 rings (SSSR count). The van der Waals surface area contributed by atoms with Crippen LogP contribution in [-0.4, -0.2) is 35.0 Å². The highest BCUT2D eigenvalue weighted by Gasteiger charge is 2.16. The van der Waals surface area contributed by atoms with Gasteiger partial charge >= 0.3 is 5.97 Å². The average Bonchev–Trinajstić information content (AvgIpc) is 2.17. The number of carbonyl (C=O) groups excluding carboxylic acids is 1. The van der Waals surface area contributed by atoms with Gasteiger partial charge in [0.2, 0.25) is 0 Å². The SMILES string of the molecule is CCCCOC(=O)C[C@H](O)C[C@H](O)CC#N. The van der Waals surface area contributed by atoms with Crippen molar-refractivity contribution in [2.45, 2.75) is 51.2 Å². The number of carbonyl (C=O) groups is 1. The molecule has 5 nitrogen and oxygen atoms in total. The van der Waals surface area contributed by atoms with Gasteiger partial charge in [-0.2, -0.15) is 5.26 Å². The number of aliphatic hydroxyl groups excluding tert-OH is 2. The lowest BCUT2D eigenvalue weighted by Crippen LogP contribution is -2.21. The molecule has 0 radical (unpaired) electrons. The van der Waals surface area contributed by atoms with E-state index < -0.39 is 18.2 Å². The van der Waals surface area contributed by atoms with Gasteiger partial charge in [0, 0.05) is 6.42 Å². The van der Waals surface area contributed by atoms with Crippen LogP contribution in [0.3, 0.4) is 0 Å². The van der Waals surface area contributed by atoms with Gasteiger partial charge in [0.25, 0.3) is 0 Å². The van der Waals surface area contributed by atoms with Gasteiger partial charge in [-0.1, -0.05) is 13.3 Å². The second-order valence-electron chi connectivity index (χ2n) is 3.68. The van der Waals surface area contributed by atoms with Gasteiger partial charge in [-0.25, -0.2) is 0 Å². The van der Waals surface area contributed by atoms with Crippen LogP contribution in [0, 0.1) is 11.3 Å². The van der Waals surface area contributed by atoms with Crippen molar-refractivity contribution in [3.63, 3.8) is 0 Å². The molecule has 0 aromatic rings. The zero-order chi connectivity index (χ0) is 12.4. The first-order valence-corrected chi connectivity index (χ1v) is 5.48. The van der Waals surface area contributed by atoms with Crippen LogP contribution >= 0.6 is 0 Å². The molecular weight excluding hydrogens is 210 g/mol. The van der Waals surface area contributed by atoms with Gasteiger partial charge in [-0.15, -0.1) is 0 Å². The van der Waals surface area contributed by atoms with Crippen molar-refractivity contribution in [3.8, 4) is 6.07 Å². The van der Waals surface area contributed by atoms with Crippen LogP contribution < -0.4 is 0 Å². The molecule has 0 amide bonds. The van der Waals surface area contributed by atoms with E-state index in [1.165, 1.54) is 0 Å². The maximum atomic E-state index is 11.1. The lowest BCUT2D eigenvalue weighted by Gasteiger charge is -2.12. The standard InChI is InChI=1S/C11H19NO4/c1-2-3-6-16-11(15)8-10(14)7-9(13)4-5-12/h9-10,13-14H,2-4,6-8H2,1H3/t9-,10-/m1/s1. The van der Waals surface area contributed by atoms with Crippen molar-refractivity contribution in [2.75, 3.05) is 6.61 Å². The Bertz CT molecular complexity index is 237. The van der Waals surface area contributed by atoms with Crippen LogP contribution in [0.5, 0.6) is 0 Å². The van der Waals surface area contributed by atoms with Crippen LogP contribution in [0.1, 0.15) is 39.0 Å². The predicted molar refractivity (Wildman–Crippen MR) is 57.3 cm³/mol. The number of unbranched alkanes of at least 4 members (excludes halogenated alkanes) is 1. The summed E-state index contributed by atoms with van der Waals surface area (Å²) in [6.07, 6.45) is -0.235. The Balaban J connectivity index is 3.65. The molecule has 0 unspecified atom stereocenters. The molecule has 0 fully saturated rings. The third-order valence-corrected chi connectivity index (χ3v) is 2.03. The molecule has 0 heterocycles. The van der Waals surface area contributed by atoms with E-state index in [0.717, 1.165) is 12.8 Å². The fraction of sp³-hybridized carbons (Fsp3) is 0.818. The molecule has 2 atom stereocenters. The van der Waals surface area contributed by atoms with Crippen molar-refractivity contribution in [1.82, 2.24) is 0 Å². The summed E-state index contributed by atoms with van der Waals surface area (Å²) in [5.74, 6) is -0.467. The first-order chi connectivity index (χ1) is 7.60. The molecule has 0 aliphatic carbocycles. The smallest absolute Gasteiger partial charge is 0.308 e. The number of ether oxygens (including phenoxy) is 1. The molecule has 5 heteroatoms. The molecule has 0 aliphatic heterocycles. The van der Waals surface area contributed by atoms with Crippen LogP contribution in [-0.2, 0) is 9.53 Å². The Labute approximate surface area is 95.6 Å². The quantitative estimate of drug-likeness (QED) is 0.473. The Morgan fingerprint density at radius 1 is 1.44 bits per heavy atom. The summed E-state index contributed by atoms with van der Waals surface area (Å²) in [6.45, 7) is 2.35. The molecule has 0 aromatic heterocycles. The number of nitrogens with zero attached hydrogens (tertiary/aromatic N) is 1. The van der Waals surface area contributed by atoms with Crippen LogP contribution in [0.25, 0.3) is 0 Å². The van der Waals surface area contributed by atoms with Crippen molar-refractivity contribution in [2.24, 2.45) is 0 Å². The highest BCUT2D eigenvalue weighted by molar-refractivity contribution is 5.69. The number of esters is 1. The van der Waals surface area contributed by atoms with Crippen molar-refractivity contribution < 1.29 is 19.7 Å². The normalized spacial score (nSPS) is 13.9. The van der Waals surface area contributed by atoms with Gasteiger partial charge < -0.3 is 14.9 Å². The van der Waals surface area contributed by atoms with Crippen molar-refractivity contribution in [3.05, 3.63) is 0 Å². The largest absolute Gasteiger partial charge is 0.466 e. The Morgan fingerprint density at radius 2 is 2.12 bits per heavy atom. The van der Waals surface area contributed by atoms with Gasteiger partial charge in [0.05, 0.1) is 37.7 Å². The molecule has 0 saturated carbocycles. The van der Waals surface area contributed by atoms with Gasteiger partial charge in [-0.05, 0) is 6.42 Å². The zero-order valence-electron chi connectivity index (χ0n) is 9.56. The first kappa shape index (κ1) is 14.9. The fourth-order valence-corrected chi connectivity index (χ4v) is 1.17. The predicted octanol–water partition coefficient (Wildman–Crippen LogP) is 0.745. The summed E-state index contributed by atoms with van der Waals surface area (Å²) in [5, 5.41) is 26.9. The summed E-state index contributed by atoms with van der Waals surface area (Å²) >= 11 is 0. The van der Waals surface area contributed by atoms with Gasteiger partial charge in [-0.3, -0.25) is 4.79 Å². The van der Waals surface area contributed by atoms with E-state index in [-0.39, 0.29) is 19.3 Å². The minimum Gasteiger partial charge on any atom is -0.466 e. The zero-order valence-corrected chi connectivity index (χ0v) is 9.56. The van der Waals surface area contributed by atoms with E-state index in [4.69, 9.17) is 10.00 Å². The number of hydrogen-bond acceptors (Lipinski definition) is 5. The molecular formula is C11H19NO4. The minimum atomic E-state index is -0.947. The summed E-state index contributed by atoms with van der Waals surface area (Å²) in [5.41, 5.74) is 0. The lowest BCUT2D eigenvalue weighted by atomic mass is 10.1. The summed E-state index contributed by atoms with van der Waals surface area (Å²) < 4.78 is 4.85. The number of aliphatic hydroxyl groups is 2. The lowest BCUT2D eigenvalue weighted by molar-refractivity contribution is -0.146. The van der Waals surface area contributed by atoms with E-state index in [2.05, 4.69) is 0 Å². The Kier molecular flexibility index (Phi) is 8.49. The molecule has 0 aromatic carbocycles. The maximum absolute atomic E-state index is 11.1. The number of nitriles is 1. The molecule has 92 valence electrons. The summed E-state index contributed by atoms with van der Waals surface area (Å²) in [6, 6.07) is 1.79. The van der Waals surface area contributed by atoms with Gasteiger partial charge in [0.1, 0.15) is 0 Å². The van der Waals surface area contributed by atoms with E-state index in [1.807, 2.05) is 6.92 Å². The topological polar surface area (TPSA) is 90.6 Å². The molecule has 2 N–H and O–H groups in total. The highest BCUT2D eigenvalue weighted by Crippen LogP contribution is 2.06. The van der Waals surface area contributed by atoms with Gasteiger partial charge in [0.15, 0.2) is 0 Å². The van der Waals surface area contributed by atoms with Crippen molar-refractivity contribution >= 4 is 5.97 Å². The Hall–Kier alpha value is -1.12. The molecule has 0 saturated heterocycles. The first-order valence-electron chi connectivity index (χ1n) is 5.48. The molecule has 0 spiro atoms. The average molecular weight is 229 g/mol. The third kappa shape index (κ3) is 8.21. The summed E-state index contributed by atoms with van der Waals surface area (Å²) in [7, 11) is 0. The maximum Gasteiger partial charge on any atom is 0.308 e. The van der Waals surface area contributed by atoms with Crippen LogP contribution in [0.2, 0.25) is 0 Å². The monoisotopic (exact) mass is 229 g/mol. The molecule has 16 heavy (non-hydrogen) atoms. The molecule has 0 bridgehead atoms.